The van der Waals surface area contributed by atoms with Gasteiger partial charge in [-0.15, -0.1) is 0 Å². The summed E-state index contributed by atoms with van der Waals surface area (Å²) in [6.45, 7) is 0. The Labute approximate surface area is 118 Å². The van der Waals surface area contributed by atoms with Crippen LogP contribution in [0.1, 0.15) is 50.2 Å². The van der Waals surface area contributed by atoms with Crippen molar-refractivity contribution in [2.45, 2.75) is 50.1 Å². The number of hydrogen-bond donors (Lipinski definition) is 0. The lowest BCUT2D eigenvalue weighted by molar-refractivity contribution is -0.160. The second-order valence-electron chi connectivity index (χ2n) is 5.97. The standard InChI is InChI=1S/C13H15F3N2O3/c1-20-10(19)12-5-2-11(3-6-12,4-7-12)8-17-9(21-18-8)13(14,15)16/h2-7H2,1H3. The van der Waals surface area contributed by atoms with Crippen LogP contribution in [0.25, 0.3) is 0 Å². The number of nitrogens with zero attached hydrogens (tertiary/aromatic N) is 2. The number of methoxy groups -OCH3 is 1. The molecule has 8 heteroatoms. The van der Waals surface area contributed by atoms with Crippen molar-refractivity contribution in [1.82, 2.24) is 10.1 Å². The number of fused-ring (bicyclic) bond motifs is 3. The maximum atomic E-state index is 12.6. The van der Waals surface area contributed by atoms with Crippen molar-refractivity contribution in [3.05, 3.63) is 11.7 Å². The summed E-state index contributed by atoms with van der Waals surface area (Å²) in [6, 6.07) is 0. The minimum Gasteiger partial charge on any atom is -0.469 e. The fraction of sp³-hybridized carbons (Fsp3) is 0.769. The van der Waals surface area contributed by atoms with Gasteiger partial charge >= 0.3 is 18.0 Å². The average Bonchev–Trinajstić information content (AvgIpc) is 2.99. The van der Waals surface area contributed by atoms with E-state index in [1.54, 1.807) is 0 Å². The second-order valence-corrected chi connectivity index (χ2v) is 5.97. The summed E-state index contributed by atoms with van der Waals surface area (Å²) < 4.78 is 46.9. The van der Waals surface area contributed by atoms with Gasteiger partial charge in [0.2, 0.25) is 0 Å². The molecule has 1 heterocycles. The first-order chi connectivity index (χ1) is 9.81. The van der Waals surface area contributed by atoms with E-state index in [1.165, 1.54) is 7.11 Å². The topological polar surface area (TPSA) is 65.2 Å². The van der Waals surface area contributed by atoms with Crippen molar-refractivity contribution < 1.29 is 27.2 Å². The summed E-state index contributed by atoms with van der Waals surface area (Å²) in [4.78, 5) is 15.4. The molecule has 5 nitrogen and oxygen atoms in total. The van der Waals surface area contributed by atoms with Crippen molar-refractivity contribution in [2.75, 3.05) is 7.11 Å². The molecule has 3 aliphatic carbocycles. The van der Waals surface area contributed by atoms with Crippen molar-refractivity contribution in [1.29, 1.82) is 0 Å². The van der Waals surface area contributed by atoms with Crippen LogP contribution in [-0.4, -0.2) is 23.2 Å². The number of halogens is 3. The van der Waals surface area contributed by atoms with Crippen LogP contribution in [0.4, 0.5) is 13.2 Å². The Morgan fingerprint density at radius 3 is 2.19 bits per heavy atom. The summed E-state index contributed by atoms with van der Waals surface area (Å²) in [7, 11) is 1.36. The Kier molecular flexibility index (Phi) is 3.04. The molecular formula is C13H15F3N2O3. The van der Waals surface area contributed by atoms with Crippen LogP contribution < -0.4 is 0 Å². The molecule has 3 fully saturated rings. The zero-order valence-electron chi connectivity index (χ0n) is 11.5. The Bertz CT molecular complexity index is 543. The maximum Gasteiger partial charge on any atom is 0.471 e. The molecule has 0 aliphatic heterocycles. The first-order valence-electron chi connectivity index (χ1n) is 6.81. The van der Waals surface area contributed by atoms with E-state index in [2.05, 4.69) is 14.7 Å². The molecule has 1 aromatic heterocycles. The second kappa shape index (κ2) is 4.45. The number of carbonyl (C=O) groups excluding carboxylic acids is 1. The molecule has 0 N–H and O–H groups in total. The van der Waals surface area contributed by atoms with Crippen LogP contribution >= 0.6 is 0 Å². The Morgan fingerprint density at radius 2 is 1.76 bits per heavy atom. The number of alkyl halides is 3. The molecule has 3 aliphatic rings. The summed E-state index contributed by atoms with van der Waals surface area (Å²) in [6.07, 6.45) is -1.10. The Morgan fingerprint density at radius 1 is 1.19 bits per heavy atom. The van der Waals surface area contributed by atoms with Gasteiger partial charge in [-0.2, -0.15) is 18.2 Å². The summed E-state index contributed by atoms with van der Waals surface area (Å²) in [5.74, 6) is -1.41. The van der Waals surface area contributed by atoms with Crippen LogP contribution in [0, 0.1) is 5.41 Å². The van der Waals surface area contributed by atoms with E-state index in [9.17, 15) is 18.0 Å². The summed E-state index contributed by atoms with van der Waals surface area (Å²) >= 11 is 0. The third-order valence-corrected chi connectivity index (χ3v) is 5.01. The smallest absolute Gasteiger partial charge is 0.469 e. The highest BCUT2D eigenvalue weighted by molar-refractivity contribution is 5.77. The molecule has 0 saturated heterocycles. The third-order valence-electron chi connectivity index (χ3n) is 5.01. The van der Waals surface area contributed by atoms with Gasteiger partial charge in [0.05, 0.1) is 12.5 Å². The third kappa shape index (κ3) is 2.11. The van der Waals surface area contributed by atoms with Crippen molar-refractivity contribution in [3.8, 4) is 0 Å². The minimum absolute atomic E-state index is 0.119. The molecule has 0 aromatic carbocycles. The van der Waals surface area contributed by atoms with E-state index < -0.39 is 22.9 Å². The lowest BCUT2D eigenvalue weighted by Gasteiger charge is -2.50. The van der Waals surface area contributed by atoms with Gasteiger partial charge in [0.15, 0.2) is 5.82 Å². The zero-order chi connectivity index (χ0) is 15.3. The highest BCUT2D eigenvalue weighted by atomic mass is 19.4. The van der Waals surface area contributed by atoms with E-state index in [-0.39, 0.29) is 11.8 Å². The highest BCUT2D eigenvalue weighted by Gasteiger charge is 2.56. The molecule has 0 spiro atoms. The first-order valence-corrected chi connectivity index (χ1v) is 6.81. The normalized spacial score (nSPS) is 32.2. The molecule has 4 rings (SSSR count). The van der Waals surface area contributed by atoms with Gasteiger partial charge in [0, 0.05) is 5.41 Å². The molecule has 1 aromatic rings. The number of esters is 1. The van der Waals surface area contributed by atoms with Gasteiger partial charge in [-0.3, -0.25) is 4.79 Å². The largest absolute Gasteiger partial charge is 0.471 e. The molecule has 0 atom stereocenters. The van der Waals surface area contributed by atoms with E-state index in [0.29, 0.717) is 38.5 Å². The average molecular weight is 304 g/mol. The quantitative estimate of drug-likeness (QED) is 0.786. The monoisotopic (exact) mass is 304 g/mol. The van der Waals surface area contributed by atoms with Crippen LogP contribution in [0.2, 0.25) is 0 Å². The van der Waals surface area contributed by atoms with Gasteiger partial charge in [0.25, 0.3) is 0 Å². The first kappa shape index (κ1) is 14.3. The van der Waals surface area contributed by atoms with Gasteiger partial charge in [0.1, 0.15) is 0 Å². The van der Waals surface area contributed by atoms with Crippen LogP contribution in [-0.2, 0) is 21.1 Å². The zero-order valence-corrected chi connectivity index (χ0v) is 11.5. The van der Waals surface area contributed by atoms with E-state index in [0.717, 1.165) is 0 Å². The summed E-state index contributed by atoms with van der Waals surface area (Å²) in [5, 5.41) is 3.54. The molecule has 0 radical (unpaired) electrons. The number of rotatable bonds is 2. The van der Waals surface area contributed by atoms with Crippen molar-refractivity contribution >= 4 is 5.97 Å². The molecule has 3 saturated carbocycles. The van der Waals surface area contributed by atoms with Crippen molar-refractivity contribution in [2.24, 2.45) is 5.41 Å². The van der Waals surface area contributed by atoms with E-state index in [1.807, 2.05) is 0 Å². The molecule has 21 heavy (non-hydrogen) atoms. The van der Waals surface area contributed by atoms with E-state index in [4.69, 9.17) is 4.74 Å². The Balaban J connectivity index is 1.83. The van der Waals surface area contributed by atoms with Crippen LogP contribution in [0.3, 0.4) is 0 Å². The molecule has 0 amide bonds. The molecule has 2 bridgehead atoms. The lowest BCUT2D eigenvalue weighted by atomic mass is 9.53. The predicted molar refractivity (Wildman–Crippen MR) is 63.1 cm³/mol. The summed E-state index contributed by atoms with van der Waals surface area (Å²) in [5.41, 5.74) is -0.976. The van der Waals surface area contributed by atoms with Crippen LogP contribution in [0.5, 0.6) is 0 Å². The number of aromatic nitrogens is 2. The fourth-order valence-corrected chi connectivity index (χ4v) is 3.60. The van der Waals surface area contributed by atoms with Gasteiger partial charge < -0.3 is 9.26 Å². The minimum atomic E-state index is -4.62. The van der Waals surface area contributed by atoms with E-state index >= 15 is 0 Å². The molecular weight excluding hydrogens is 289 g/mol. The number of carbonyl (C=O) groups is 1. The fourth-order valence-electron chi connectivity index (χ4n) is 3.60. The Hall–Kier alpha value is -1.60. The van der Waals surface area contributed by atoms with Gasteiger partial charge in [-0.25, -0.2) is 0 Å². The molecule has 0 unspecified atom stereocenters. The molecule has 116 valence electrons. The van der Waals surface area contributed by atoms with Gasteiger partial charge in [-0.05, 0) is 38.5 Å². The maximum absolute atomic E-state index is 12.6. The van der Waals surface area contributed by atoms with Crippen molar-refractivity contribution in [3.63, 3.8) is 0 Å². The SMILES string of the molecule is COC(=O)C12CCC(c3noc(C(F)(F)F)n3)(CC1)CC2. The van der Waals surface area contributed by atoms with Crippen LogP contribution in [0.15, 0.2) is 4.52 Å². The number of ether oxygens (including phenoxy) is 1. The number of hydrogen-bond acceptors (Lipinski definition) is 5. The van der Waals surface area contributed by atoms with Gasteiger partial charge in [-0.1, -0.05) is 5.16 Å². The predicted octanol–water partition coefficient (Wildman–Crippen LogP) is 2.85. The lowest BCUT2D eigenvalue weighted by Crippen LogP contribution is -2.48. The highest BCUT2D eigenvalue weighted by Crippen LogP contribution is 2.57.